The lowest BCUT2D eigenvalue weighted by atomic mass is 10.0. The number of carbonyl (C=O) groups excluding carboxylic acids is 2. The molecule has 2 fully saturated rings. The molecule has 1 aliphatic carbocycles. The Hall–Kier alpha value is -4.11. The van der Waals surface area contributed by atoms with E-state index >= 15 is 4.39 Å². The van der Waals surface area contributed by atoms with E-state index in [0.29, 0.717) is 6.07 Å². The van der Waals surface area contributed by atoms with Gasteiger partial charge >= 0.3 is 6.18 Å². The standard InChI is InChI=1S/C23H19F7N6O3/c1-39-17-4-13(24)9(16-3-11(23(28,29)30)18-19(31)32-8-33-36(16)18)2-10(17)20(37)34-15-7-35(6-14(15)25)21(38)12-5-22(12,26)27/h2-4,8,12,14-15H,5-7H2,1H3,(H,34,37)(H2,31,32,33)/t12?,14-,15+/m0/s1. The first-order valence-electron chi connectivity index (χ1n) is 11.4. The van der Waals surface area contributed by atoms with Gasteiger partial charge in [0, 0.05) is 24.6 Å². The molecule has 0 bridgehead atoms. The summed E-state index contributed by atoms with van der Waals surface area (Å²) in [6.07, 6.45) is -6.46. The van der Waals surface area contributed by atoms with Crippen LogP contribution in [0.25, 0.3) is 16.8 Å². The number of ether oxygens (including phenoxy) is 1. The average Bonchev–Trinajstić information content (AvgIpc) is 3.15. The molecule has 1 unspecified atom stereocenters. The van der Waals surface area contributed by atoms with Gasteiger partial charge in [-0.25, -0.2) is 27.1 Å². The third kappa shape index (κ3) is 4.57. The molecule has 3 heterocycles. The molecule has 208 valence electrons. The van der Waals surface area contributed by atoms with Crippen molar-refractivity contribution in [3.05, 3.63) is 41.5 Å². The average molecular weight is 560 g/mol. The van der Waals surface area contributed by atoms with Crippen molar-refractivity contribution in [3.8, 4) is 17.0 Å². The van der Waals surface area contributed by atoms with E-state index in [1.165, 1.54) is 0 Å². The number of anilines is 1. The number of fused-ring (bicyclic) bond motifs is 1. The Balaban J connectivity index is 1.47. The number of likely N-dealkylation sites (tertiary alicyclic amines) is 1. The van der Waals surface area contributed by atoms with Crippen LogP contribution in [0.3, 0.4) is 0 Å². The number of nitrogens with two attached hydrogens (primary N) is 1. The highest BCUT2D eigenvalue weighted by molar-refractivity contribution is 5.99. The van der Waals surface area contributed by atoms with Crippen LogP contribution in [0.2, 0.25) is 0 Å². The van der Waals surface area contributed by atoms with E-state index in [4.69, 9.17) is 10.5 Å². The molecule has 39 heavy (non-hydrogen) atoms. The first-order valence-corrected chi connectivity index (χ1v) is 11.4. The Bertz CT molecular complexity index is 1490. The zero-order valence-electron chi connectivity index (χ0n) is 19.9. The summed E-state index contributed by atoms with van der Waals surface area (Å²) in [4.78, 5) is 29.8. The number of amides is 2. The molecule has 1 aliphatic heterocycles. The largest absolute Gasteiger partial charge is 0.496 e. The fraction of sp³-hybridized carbons (Fsp3) is 0.391. The van der Waals surface area contributed by atoms with Crippen LogP contribution in [0.1, 0.15) is 22.3 Å². The monoisotopic (exact) mass is 560 g/mol. The molecule has 2 aliphatic rings. The van der Waals surface area contributed by atoms with Crippen molar-refractivity contribution in [2.45, 2.75) is 30.7 Å². The summed E-state index contributed by atoms with van der Waals surface area (Å²) in [7, 11) is 1.11. The van der Waals surface area contributed by atoms with Gasteiger partial charge in [0.05, 0.1) is 36.5 Å². The second-order valence-corrected chi connectivity index (χ2v) is 9.24. The minimum atomic E-state index is -4.90. The van der Waals surface area contributed by atoms with Gasteiger partial charge in [-0.1, -0.05) is 0 Å². The second-order valence-electron chi connectivity index (χ2n) is 9.24. The molecule has 0 radical (unpaired) electrons. The van der Waals surface area contributed by atoms with Crippen LogP contribution >= 0.6 is 0 Å². The smallest absolute Gasteiger partial charge is 0.418 e. The van der Waals surface area contributed by atoms with Gasteiger partial charge in [0.1, 0.15) is 35.5 Å². The molecule has 2 amide bonds. The number of hydrogen-bond acceptors (Lipinski definition) is 6. The van der Waals surface area contributed by atoms with E-state index in [-0.39, 0.29) is 17.9 Å². The van der Waals surface area contributed by atoms with Crippen molar-refractivity contribution in [2.75, 3.05) is 25.9 Å². The maximum atomic E-state index is 15.1. The molecule has 1 saturated carbocycles. The lowest BCUT2D eigenvalue weighted by Crippen LogP contribution is -2.42. The number of carbonyl (C=O) groups is 2. The summed E-state index contributed by atoms with van der Waals surface area (Å²) in [5.41, 5.74) is 2.49. The lowest BCUT2D eigenvalue weighted by Gasteiger charge is -2.18. The Labute approximate surface area is 214 Å². The fourth-order valence-electron chi connectivity index (χ4n) is 4.60. The molecule has 0 spiro atoms. The zero-order chi connectivity index (χ0) is 28.4. The molecule has 5 rings (SSSR count). The molecule has 3 aromatic rings. The molecule has 2 aromatic heterocycles. The molecule has 1 aromatic carbocycles. The normalized spacial score (nSPS) is 22.3. The Kier molecular flexibility index (Phi) is 6.10. The van der Waals surface area contributed by atoms with Crippen LogP contribution < -0.4 is 15.8 Å². The predicted octanol–water partition coefficient (Wildman–Crippen LogP) is 3.08. The predicted molar refractivity (Wildman–Crippen MR) is 120 cm³/mol. The minimum absolute atomic E-state index is 0.321. The minimum Gasteiger partial charge on any atom is -0.496 e. The van der Waals surface area contributed by atoms with E-state index in [1.54, 1.807) is 0 Å². The number of hydrogen-bond donors (Lipinski definition) is 2. The number of aromatic nitrogens is 3. The first kappa shape index (κ1) is 26.5. The number of nitrogens with one attached hydrogen (secondary N) is 1. The SMILES string of the molecule is COc1cc(F)c(-c2cc(C(F)(F)F)c3c(N)ncnn23)cc1C(=O)N[C@@H]1CN(C(=O)C2CC2(F)F)C[C@@H]1F. The van der Waals surface area contributed by atoms with Crippen molar-refractivity contribution >= 4 is 23.1 Å². The zero-order valence-corrected chi connectivity index (χ0v) is 19.9. The van der Waals surface area contributed by atoms with Crippen molar-refractivity contribution < 1.29 is 45.1 Å². The van der Waals surface area contributed by atoms with Gasteiger partial charge < -0.3 is 20.7 Å². The summed E-state index contributed by atoms with van der Waals surface area (Å²) in [6, 6.07) is 0.970. The maximum absolute atomic E-state index is 15.1. The van der Waals surface area contributed by atoms with E-state index < -0.39 is 89.0 Å². The summed E-state index contributed by atoms with van der Waals surface area (Å²) < 4.78 is 103. The van der Waals surface area contributed by atoms with Crippen LogP contribution in [-0.2, 0) is 11.0 Å². The summed E-state index contributed by atoms with van der Waals surface area (Å²) >= 11 is 0. The second kappa shape index (κ2) is 8.98. The molecule has 3 N–H and O–H groups in total. The van der Waals surface area contributed by atoms with Gasteiger partial charge in [0.15, 0.2) is 5.82 Å². The quantitative estimate of drug-likeness (QED) is 0.464. The van der Waals surface area contributed by atoms with Gasteiger partial charge in [-0.05, 0) is 12.1 Å². The van der Waals surface area contributed by atoms with Crippen LogP contribution in [-0.4, -0.2) is 69.6 Å². The van der Waals surface area contributed by atoms with E-state index in [9.17, 15) is 35.9 Å². The molecule has 9 nitrogen and oxygen atoms in total. The maximum Gasteiger partial charge on any atom is 0.418 e. The van der Waals surface area contributed by atoms with Crippen LogP contribution in [0.4, 0.5) is 36.6 Å². The fourth-order valence-corrected chi connectivity index (χ4v) is 4.60. The van der Waals surface area contributed by atoms with Gasteiger partial charge in [0.25, 0.3) is 11.8 Å². The molecular formula is C23H19F7N6O3. The Morgan fingerprint density at radius 1 is 1.21 bits per heavy atom. The molecular weight excluding hydrogens is 541 g/mol. The first-order chi connectivity index (χ1) is 18.2. The topological polar surface area (TPSA) is 115 Å². The van der Waals surface area contributed by atoms with Crippen molar-refractivity contribution in [1.29, 1.82) is 0 Å². The highest BCUT2D eigenvalue weighted by atomic mass is 19.4. The Morgan fingerprint density at radius 3 is 2.51 bits per heavy atom. The molecule has 1 saturated heterocycles. The molecule has 16 heteroatoms. The van der Waals surface area contributed by atoms with Gasteiger partial charge in [-0.2, -0.15) is 18.3 Å². The number of rotatable bonds is 5. The highest BCUT2D eigenvalue weighted by Gasteiger charge is 2.63. The van der Waals surface area contributed by atoms with Crippen molar-refractivity contribution in [2.24, 2.45) is 5.92 Å². The van der Waals surface area contributed by atoms with E-state index in [0.717, 1.165) is 35.0 Å². The van der Waals surface area contributed by atoms with Gasteiger partial charge in [-0.3, -0.25) is 9.59 Å². The number of nitrogens with zero attached hydrogens (tertiary/aromatic N) is 4. The van der Waals surface area contributed by atoms with Crippen molar-refractivity contribution in [1.82, 2.24) is 24.8 Å². The highest BCUT2D eigenvalue weighted by Crippen LogP contribution is 2.50. The number of benzene rings is 1. The van der Waals surface area contributed by atoms with Crippen LogP contribution in [0.15, 0.2) is 24.5 Å². The lowest BCUT2D eigenvalue weighted by molar-refractivity contribution is -0.136. The molecule has 3 atom stereocenters. The third-order valence-corrected chi connectivity index (χ3v) is 6.70. The van der Waals surface area contributed by atoms with Gasteiger partial charge in [0.2, 0.25) is 5.91 Å². The summed E-state index contributed by atoms with van der Waals surface area (Å²) in [5, 5.41) is 6.07. The number of halogens is 7. The Morgan fingerprint density at radius 2 is 1.90 bits per heavy atom. The third-order valence-electron chi connectivity index (χ3n) is 6.70. The number of nitrogen functional groups attached to an aromatic ring is 1. The van der Waals surface area contributed by atoms with Crippen LogP contribution in [0.5, 0.6) is 5.75 Å². The summed E-state index contributed by atoms with van der Waals surface area (Å²) in [6.45, 7) is -0.900. The number of methoxy groups -OCH3 is 1. The van der Waals surface area contributed by atoms with E-state index in [1.807, 2.05) is 0 Å². The number of alkyl halides is 6. The summed E-state index contributed by atoms with van der Waals surface area (Å²) in [5.74, 6) is -8.52. The van der Waals surface area contributed by atoms with Crippen LogP contribution in [0, 0.1) is 11.7 Å². The van der Waals surface area contributed by atoms with E-state index in [2.05, 4.69) is 15.4 Å². The van der Waals surface area contributed by atoms with Crippen molar-refractivity contribution in [3.63, 3.8) is 0 Å². The van der Waals surface area contributed by atoms with Gasteiger partial charge in [-0.15, -0.1) is 0 Å².